The average Bonchev–Trinajstić information content (AvgIpc) is 2.77. The predicted molar refractivity (Wildman–Crippen MR) is 74.5 cm³/mol. The Balaban J connectivity index is 2.36. The van der Waals surface area contributed by atoms with Gasteiger partial charge in [0.2, 0.25) is 0 Å². The van der Waals surface area contributed by atoms with Gasteiger partial charge in [0.25, 0.3) is 0 Å². The van der Waals surface area contributed by atoms with E-state index >= 15 is 0 Å². The molecule has 0 spiro atoms. The van der Waals surface area contributed by atoms with Gasteiger partial charge in [-0.2, -0.15) is 0 Å². The van der Waals surface area contributed by atoms with Gasteiger partial charge in [-0.25, -0.2) is 4.98 Å². The predicted octanol–water partition coefficient (Wildman–Crippen LogP) is 3.89. The number of thiophene rings is 1. The largest absolute Gasteiger partial charge is 0.307 e. The van der Waals surface area contributed by atoms with E-state index < -0.39 is 0 Å². The highest BCUT2D eigenvalue weighted by molar-refractivity contribution is 9.10. The molecule has 0 fully saturated rings. The van der Waals surface area contributed by atoms with Crippen LogP contribution in [0, 0.1) is 13.8 Å². The van der Waals surface area contributed by atoms with E-state index in [1.54, 1.807) is 11.3 Å². The number of thiazole rings is 1. The van der Waals surface area contributed by atoms with Gasteiger partial charge in [-0.3, -0.25) is 0 Å². The number of hydrogen-bond acceptors (Lipinski definition) is 4. The molecular weight excluding hydrogens is 304 g/mol. The zero-order valence-electron chi connectivity index (χ0n) is 9.37. The molecule has 0 bridgehead atoms. The lowest BCUT2D eigenvalue weighted by Gasteiger charge is -2.10. The van der Waals surface area contributed by atoms with Crippen molar-refractivity contribution in [3.05, 3.63) is 36.4 Å². The maximum Gasteiger partial charge on any atom is 0.115 e. The average molecular weight is 317 g/mol. The van der Waals surface area contributed by atoms with Crippen LogP contribution in [0.25, 0.3) is 0 Å². The van der Waals surface area contributed by atoms with Crippen LogP contribution in [-0.2, 0) is 0 Å². The minimum absolute atomic E-state index is 0.216. The zero-order valence-corrected chi connectivity index (χ0v) is 12.6. The molecule has 86 valence electrons. The molecule has 2 aromatic heterocycles. The number of hydrogen-bond donors (Lipinski definition) is 1. The van der Waals surface area contributed by atoms with Crippen molar-refractivity contribution >= 4 is 38.6 Å². The highest BCUT2D eigenvalue weighted by Gasteiger charge is 2.18. The van der Waals surface area contributed by atoms with E-state index in [4.69, 9.17) is 0 Å². The highest BCUT2D eigenvalue weighted by atomic mass is 79.9. The van der Waals surface area contributed by atoms with E-state index in [0.29, 0.717) is 0 Å². The number of halogens is 1. The number of nitrogens with zero attached hydrogens (tertiary/aromatic N) is 1. The monoisotopic (exact) mass is 316 g/mol. The van der Waals surface area contributed by atoms with Gasteiger partial charge < -0.3 is 5.32 Å². The molecule has 2 aromatic rings. The third-order valence-electron chi connectivity index (χ3n) is 2.33. The molecule has 0 aliphatic heterocycles. The molecular formula is C11H13BrN2S2. The van der Waals surface area contributed by atoms with Crippen LogP contribution in [-0.4, -0.2) is 12.0 Å². The molecule has 0 radical (unpaired) electrons. The third kappa shape index (κ3) is 2.37. The van der Waals surface area contributed by atoms with E-state index in [1.807, 2.05) is 25.3 Å². The quantitative estimate of drug-likeness (QED) is 0.929. The number of aromatic nitrogens is 1. The normalized spacial score (nSPS) is 13.0. The lowest BCUT2D eigenvalue weighted by atomic mass is 10.2. The molecule has 0 aliphatic carbocycles. The summed E-state index contributed by atoms with van der Waals surface area (Å²) >= 11 is 7.08. The Bertz CT molecular complexity index is 470. The minimum atomic E-state index is 0.216. The van der Waals surface area contributed by atoms with E-state index in [0.717, 1.165) is 10.7 Å². The van der Waals surface area contributed by atoms with E-state index in [1.165, 1.54) is 14.2 Å². The van der Waals surface area contributed by atoms with Crippen LogP contribution in [0.15, 0.2) is 15.9 Å². The molecule has 5 heteroatoms. The summed E-state index contributed by atoms with van der Waals surface area (Å²) in [6, 6.07) is 2.39. The molecule has 2 rings (SSSR count). The molecule has 2 heterocycles. The topological polar surface area (TPSA) is 24.9 Å². The number of aryl methyl sites for hydroxylation is 2. The van der Waals surface area contributed by atoms with Crippen molar-refractivity contribution in [1.82, 2.24) is 10.3 Å². The van der Waals surface area contributed by atoms with Crippen LogP contribution in [0.3, 0.4) is 0 Å². The fourth-order valence-corrected chi connectivity index (χ4v) is 4.19. The summed E-state index contributed by atoms with van der Waals surface area (Å²) in [5, 5.41) is 6.55. The second-order valence-corrected chi connectivity index (χ2v) is 6.63. The fraction of sp³-hybridized carbons (Fsp3) is 0.364. The van der Waals surface area contributed by atoms with Gasteiger partial charge in [0.1, 0.15) is 5.01 Å². The fourth-order valence-electron chi connectivity index (χ4n) is 1.52. The highest BCUT2D eigenvalue weighted by Crippen LogP contribution is 2.34. The van der Waals surface area contributed by atoms with Gasteiger partial charge in [-0.1, -0.05) is 0 Å². The smallest absolute Gasteiger partial charge is 0.115 e. The number of nitrogens with one attached hydrogen (secondary N) is 1. The summed E-state index contributed by atoms with van der Waals surface area (Å²) in [4.78, 5) is 7.16. The van der Waals surface area contributed by atoms with E-state index in [2.05, 4.69) is 44.6 Å². The lowest BCUT2D eigenvalue weighted by Crippen LogP contribution is -2.16. The maximum atomic E-state index is 4.54. The summed E-state index contributed by atoms with van der Waals surface area (Å²) in [5.41, 5.74) is 1.09. The molecule has 1 unspecified atom stereocenters. The van der Waals surface area contributed by atoms with Crippen molar-refractivity contribution in [3.63, 3.8) is 0 Å². The molecule has 0 saturated carbocycles. The Kier molecular flexibility index (Phi) is 3.79. The summed E-state index contributed by atoms with van der Waals surface area (Å²) in [6.45, 7) is 4.15. The van der Waals surface area contributed by atoms with E-state index in [-0.39, 0.29) is 6.04 Å². The first-order valence-electron chi connectivity index (χ1n) is 4.97. The van der Waals surface area contributed by atoms with Gasteiger partial charge in [0, 0.05) is 25.3 Å². The summed E-state index contributed by atoms with van der Waals surface area (Å²) in [5.74, 6) is 0. The first-order chi connectivity index (χ1) is 7.61. The van der Waals surface area contributed by atoms with Gasteiger partial charge in [-0.15, -0.1) is 22.7 Å². The first kappa shape index (κ1) is 12.2. The molecule has 16 heavy (non-hydrogen) atoms. The van der Waals surface area contributed by atoms with Crippen molar-refractivity contribution in [1.29, 1.82) is 0 Å². The standard InChI is InChI=1S/C11H13BrN2S2/c1-6-5-15-11(14-6)10(13-3)9-4-8(12)7(2)16-9/h4-5,10,13H,1-3H3. The van der Waals surface area contributed by atoms with Crippen molar-refractivity contribution in [2.24, 2.45) is 0 Å². The van der Waals surface area contributed by atoms with Crippen molar-refractivity contribution in [2.75, 3.05) is 7.05 Å². The molecule has 0 aliphatic rings. The van der Waals surface area contributed by atoms with Crippen LogP contribution in [0.1, 0.15) is 26.5 Å². The zero-order chi connectivity index (χ0) is 11.7. The Morgan fingerprint density at radius 3 is 2.62 bits per heavy atom. The van der Waals surface area contributed by atoms with Crippen molar-refractivity contribution < 1.29 is 0 Å². The van der Waals surface area contributed by atoms with Crippen LogP contribution in [0.4, 0.5) is 0 Å². The molecule has 0 aromatic carbocycles. The third-order valence-corrected chi connectivity index (χ3v) is 5.56. The summed E-state index contributed by atoms with van der Waals surface area (Å²) in [7, 11) is 1.98. The number of rotatable bonds is 3. The molecule has 0 amide bonds. The summed E-state index contributed by atoms with van der Waals surface area (Å²) < 4.78 is 1.18. The Hall–Kier alpha value is -0.230. The molecule has 1 N–H and O–H groups in total. The van der Waals surface area contributed by atoms with Gasteiger partial charge in [0.05, 0.1) is 6.04 Å². The summed E-state index contributed by atoms with van der Waals surface area (Å²) in [6.07, 6.45) is 0. The SMILES string of the molecule is CNC(c1cc(Br)c(C)s1)c1nc(C)cs1. The lowest BCUT2D eigenvalue weighted by molar-refractivity contribution is 0.696. The Labute approximate surface area is 112 Å². The minimum Gasteiger partial charge on any atom is -0.307 e. The van der Waals surface area contributed by atoms with Gasteiger partial charge in [-0.05, 0) is 42.9 Å². The van der Waals surface area contributed by atoms with E-state index in [9.17, 15) is 0 Å². The van der Waals surface area contributed by atoms with Gasteiger partial charge >= 0.3 is 0 Å². The molecule has 0 saturated heterocycles. The van der Waals surface area contributed by atoms with Crippen LogP contribution < -0.4 is 5.32 Å². The van der Waals surface area contributed by atoms with Crippen molar-refractivity contribution in [2.45, 2.75) is 19.9 Å². The Morgan fingerprint density at radius 1 is 1.44 bits per heavy atom. The maximum absolute atomic E-state index is 4.54. The van der Waals surface area contributed by atoms with Gasteiger partial charge in [0.15, 0.2) is 0 Å². The Morgan fingerprint density at radius 2 is 2.19 bits per heavy atom. The van der Waals surface area contributed by atoms with Crippen LogP contribution >= 0.6 is 38.6 Å². The second-order valence-electron chi connectivity index (χ2n) is 3.60. The molecule has 1 atom stereocenters. The molecule has 2 nitrogen and oxygen atoms in total. The first-order valence-corrected chi connectivity index (χ1v) is 7.46. The van der Waals surface area contributed by atoms with Crippen molar-refractivity contribution in [3.8, 4) is 0 Å². The second kappa shape index (κ2) is 4.96. The van der Waals surface area contributed by atoms with Crippen LogP contribution in [0.2, 0.25) is 0 Å². The van der Waals surface area contributed by atoms with Crippen LogP contribution in [0.5, 0.6) is 0 Å².